The third-order valence-electron chi connectivity index (χ3n) is 1.82. The Kier molecular flexibility index (Phi) is 3.62. The topological polar surface area (TPSA) is 12.0 Å². The second-order valence-electron chi connectivity index (χ2n) is 2.92. The van der Waals surface area contributed by atoms with Crippen molar-refractivity contribution in [2.24, 2.45) is 0 Å². The molecule has 0 radical (unpaired) electrons. The van der Waals surface area contributed by atoms with Gasteiger partial charge in [-0.15, -0.1) is 12.3 Å². The lowest BCUT2D eigenvalue weighted by atomic mass is 10.1. The van der Waals surface area contributed by atoms with Gasteiger partial charge in [-0.05, 0) is 12.1 Å². The Morgan fingerprint density at radius 2 is 1.93 bits per heavy atom. The highest BCUT2D eigenvalue weighted by Crippen LogP contribution is 2.34. The molecule has 4 heteroatoms. The molecule has 0 atom stereocenters. The standard InChI is InChI=1S/C11H10F3N/c1-2-3-8-15-10-7-5-4-6-9(10)11(12,13)14/h1,4-7,15H,3,8H2. The second-order valence-corrected chi connectivity index (χ2v) is 2.92. The molecule has 1 nitrogen and oxygen atoms in total. The lowest BCUT2D eigenvalue weighted by molar-refractivity contribution is -0.136. The number of alkyl halides is 3. The summed E-state index contributed by atoms with van der Waals surface area (Å²) >= 11 is 0. The van der Waals surface area contributed by atoms with E-state index in [0.29, 0.717) is 13.0 Å². The van der Waals surface area contributed by atoms with Crippen LogP contribution in [-0.4, -0.2) is 6.54 Å². The molecule has 0 aliphatic rings. The van der Waals surface area contributed by atoms with E-state index in [1.165, 1.54) is 12.1 Å². The van der Waals surface area contributed by atoms with Crippen molar-refractivity contribution in [3.8, 4) is 12.3 Å². The highest BCUT2D eigenvalue weighted by atomic mass is 19.4. The van der Waals surface area contributed by atoms with Gasteiger partial charge in [-0.3, -0.25) is 0 Å². The zero-order valence-electron chi connectivity index (χ0n) is 7.93. The number of rotatable bonds is 3. The van der Waals surface area contributed by atoms with Crippen LogP contribution in [0.25, 0.3) is 0 Å². The lowest BCUT2D eigenvalue weighted by Crippen LogP contribution is -2.11. The largest absolute Gasteiger partial charge is 0.418 e. The van der Waals surface area contributed by atoms with Gasteiger partial charge in [0.25, 0.3) is 0 Å². The molecular formula is C11H10F3N. The van der Waals surface area contributed by atoms with Crippen LogP contribution in [0.3, 0.4) is 0 Å². The van der Waals surface area contributed by atoms with E-state index in [1.807, 2.05) is 0 Å². The Bertz CT molecular complexity index is 363. The lowest BCUT2D eigenvalue weighted by Gasteiger charge is -2.13. The van der Waals surface area contributed by atoms with Crippen molar-refractivity contribution < 1.29 is 13.2 Å². The summed E-state index contributed by atoms with van der Waals surface area (Å²) in [6, 6.07) is 5.33. The van der Waals surface area contributed by atoms with Gasteiger partial charge >= 0.3 is 6.18 Å². The molecule has 0 fully saturated rings. The maximum absolute atomic E-state index is 12.5. The molecule has 0 aromatic heterocycles. The average molecular weight is 213 g/mol. The van der Waals surface area contributed by atoms with Gasteiger partial charge in [-0.25, -0.2) is 0 Å². The summed E-state index contributed by atoms with van der Waals surface area (Å²) in [6.07, 6.45) is 1.07. The van der Waals surface area contributed by atoms with Crippen LogP contribution in [0.15, 0.2) is 24.3 Å². The molecule has 0 saturated heterocycles. The Balaban J connectivity index is 2.83. The number of benzene rings is 1. The molecule has 0 heterocycles. The van der Waals surface area contributed by atoms with Crippen LogP contribution in [0.1, 0.15) is 12.0 Å². The zero-order chi connectivity index (χ0) is 11.3. The molecule has 80 valence electrons. The number of terminal acetylenes is 1. The normalized spacial score (nSPS) is 10.8. The van der Waals surface area contributed by atoms with Crippen molar-refractivity contribution in [3.63, 3.8) is 0 Å². The quantitative estimate of drug-likeness (QED) is 0.600. The van der Waals surface area contributed by atoms with E-state index >= 15 is 0 Å². The van der Waals surface area contributed by atoms with Crippen molar-refractivity contribution in [1.82, 2.24) is 0 Å². The van der Waals surface area contributed by atoms with Gasteiger partial charge in [0.05, 0.1) is 5.56 Å². The molecule has 1 aromatic carbocycles. The van der Waals surface area contributed by atoms with Crippen LogP contribution < -0.4 is 5.32 Å². The fourth-order valence-electron chi connectivity index (χ4n) is 1.15. The van der Waals surface area contributed by atoms with Crippen molar-refractivity contribution in [1.29, 1.82) is 0 Å². The van der Waals surface area contributed by atoms with Crippen LogP contribution in [0.5, 0.6) is 0 Å². The minimum absolute atomic E-state index is 0.0697. The Labute approximate surface area is 86.3 Å². The third kappa shape index (κ3) is 3.21. The van der Waals surface area contributed by atoms with Gasteiger partial charge < -0.3 is 5.32 Å². The average Bonchev–Trinajstić information content (AvgIpc) is 2.17. The molecule has 0 aliphatic carbocycles. The minimum atomic E-state index is -4.33. The maximum atomic E-state index is 12.5. The Hall–Kier alpha value is -1.63. The van der Waals surface area contributed by atoms with E-state index in [2.05, 4.69) is 11.2 Å². The fourth-order valence-corrected chi connectivity index (χ4v) is 1.15. The summed E-state index contributed by atoms with van der Waals surface area (Å²) in [4.78, 5) is 0. The van der Waals surface area contributed by atoms with Crippen LogP contribution in [0, 0.1) is 12.3 Å². The summed E-state index contributed by atoms with van der Waals surface area (Å²) in [5.41, 5.74) is -0.595. The predicted octanol–water partition coefficient (Wildman–Crippen LogP) is 3.14. The molecule has 0 amide bonds. The SMILES string of the molecule is C#CCCNc1ccccc1C(F)(F)F. The first kappa shape index (κ1) is 11.4. The molecule has 0 aliphatic heterocycles. The third-order valence-corrected chi connectivity index (χ3v) is 1.82. The van der Waals surface area contributed by atoms with E-state index in [-0.39, 0.29) is 5.69 Å². The second kappa shape index (κ2) is 4.74. The van der Waals surface area contributed by atoms with E-state index in [4.69, 9.17) is 6.42 Å². The zero-order valence-corrected chi connectivity index (χ0v) is 7.93. The molecule has 1 N–H and O–H groups in total. The molecule has 0 spiro atoms. The highest BCUT2D eigenvalue weighted by molar-refractivity contribution is 5.52. The number of nitrogens with one attached hydrogen (secondary N) is 1. The number of hydrogen-bond donors (Lipinski definition) is 1. The van der Waals surface area contributed by atoms with Gasteiger partial charge in [-0.1, -0.05) is 12.1 Å². The van der Waals surface area contributed by atoms with Gasteiger partial charge in [0.1, 0.15) is 0 Å². The number of para-hydroxylation sites is 1. The van der Waals surface area contributed by atoms with Gasteiger partial charge in [0, 0.05) is 18.7 Å². The fraction of sp³-hybridized carbons (Fsp3) is 0.273. The Morgan fingerprint density at radius 3 is 2.53 bits per heavy atom. The Morgan fingerprint density at radius 1 is 1.27 bits per heavy atom. The van der Waals surface area contributed by atoms with Crippen LogP contribution >= 0.6 is 0 Å². The first-order chi connectivity index (χ1) is 7.05. The molecule has 1 aromatic rings. The molecule has 0 unspecified atom stereocenters. The van der Waals surface area contributed by atoms with Gasteiger partial charge in [0.15, 0.2) is 0 Å². The smallest absolute Gasteiger partial charge is 0.384 e. The van der Waals surface area contributed by atoms with Crippen LogP contribution in [0.2, 0.25) is 0 Å². The monoisotopic (exact) mass is 213 g/mol. The van der Waals surface area contributed by atoms with E-state index in [0.717, 1.165) is 6.07 Å². The first-order valence-electron chi connectivity index (χ1n) is 4.39. The molecular weight excluding hydrogens is 203 g/mol. The first-order valence-corrected chi connectivity index (χ1v) is 4.39. The number of hydrogen-bond acceptors (Lipinski definition) is 1. The molecule has 0 saturated carbocycles. The predicted molar refractivity (Wildman–Crippen MR) is 53.4 cm³/mol. The minimum Gasteiger partial charge on any atom is -0.384 e. The van der Waals surface area contributed by atoms with Crippen molar-refractivity contribution in [3.05, 3.63) is 29.8 Å². The molecule has 0 bridgehead atoms. The summed E-state index contributed by atoms with van der Waals surface area (Å²) in [7, 11) is 0. The van der Waals surface area contributed by atoms with Crippen molar-refractivity contribution in [2.45, 2.75) is 12.6 Å². The number of anilines is 1. The van der Waals surface area contributed by atoms with E-state index in [1.54, 1.807) is 6.07 Å². The summed E-state index contributed by atoms with van der Waals surface area (Å²) in [5.74, 6) is 2.35. The number of halogens is 3. The van der Waals surface area contributed by atoms with Crippen molar-refractivity contribution in [2.75, 3.05) is 11.9 Å². The van der Waals surface area contributed by atoms with E-state index in [9.17, 15) is 13.2 Å². The highest BCUT2D eigenvalue weighted by Gasteiger charge is 2.32. The summed E-state index contributed by atoms with van der Waals surface area (Å²) in [6.45, 7) is 0.337. The van der Waals surface area contributed by atoms with Crippen LogP contribution in [0.4, 0.5) is 18.9 Å². The molecule has 15 heavy (non-hydrogen) atoms. The van der Waals surface area contributed by atoms with Crippen molar-refractivity contribution >= 4 is 5.69 Å². The summed E-state index contributed by atoms with van der Waals surface area (Å²) < 4.78 is 37.4. The molecule has 1 rings (SSSR count). The van der Waals surface area contributed by atoms with E-state index < -0.39 is 11.7 Å². The maximum Gasteiger partial charge on any atom is 0.418 e. The van der Waals surface area contributed by atoms with Gasteiger partial charge in [-0.2, -0.15) is 13.2 Å². The van der Waals surface area contributed by atoms with Gasteiger partial charge in [0.2, 0.25) is 0 Å². The summed E-state index contributed by atoms with van der Waals surface area (Å²) in [5, 5.41) is 2.66. The van der Waals surface area contributed by atoms with Crippen LogP contribution in [-0.2, 0) is 6.18 Å².